The largest absolute Gasteiger partial charge is 0.378 e. The number of rotatable bonds is 6. The third kappa shape index (κ3) is 5.61. The fraction of sp³-hybridized carbons (Fsp3) is 0.385. The minimum Gasteiger partial charge on any atom is -0.378 e. The van der Waals surface area contributed by atoms with Crippen molar-refractivity contribution < 1.29 is 9.47 Å². The first-order chi connectivity index (χ1) is 17.1. The highest BCUT2D eigenvalue weighted by atomic mass is 35.5. The number of hydrogen-bond acceptors (Lipinski definition) is 8. The molecule has 2 aliphatic rings. The molecule has 0 aliphatic carbocycles. The summed E-state index contributed by atoms with van der Waals surface area (Å²) in [6.45, 7) is 8.51. The van der Waals surface area contributed by atoms with Crippen molar-refractivity contribution in [2.75, 3.05) is 79.7 Å². The van der Waals surface area contributed by atoms with Gasteiger partial charge in [0, 0.05) is 56.5 Å². The summed E-state index contributed by atoms with van der Waals surface area (Å²) in [6, 6.07) is 14.4. The maximum absolute atomic E-state index is 6.47. The molecule has 2 saturated heterocycles. The third-order valence-electron chi connectivity index (χ3n) is 6.36. The van der Waals surface area contributed by atoms with E-state index in [4.69, 9.17) is 26.1 Å². The third-order valence-corrected chi connectivity index (χ3v) is 6.68. The lowest BCUT2D eigenvalue weighted by Gasteiger charge is -2.33. The van der Waals surface area contributed by atoms with E-state index >= 15 is 0 Å². The van der Waals surface area contributed by atoms with Crippen LogP contribution in [0.3, 0.4) is 0 Å². The Bertz CT molecular complexity index is 1130. The molecule has 8 nitrogen and oxygen atoms in total. The number of nitrogens with zero attached hydrogens (tertiary/aromatic N) is 5. The van der Waals surface area contributed by atoms with Crippen LogP contribution in [0.25, 0.3) is 0 Å². The summed E-state index contributed by atoms with van der Waals surface area (Å²) in [4.78, 5) is 16.0. The second-order valence-corrected chi connectivity index (χ2v) is 9.22. The van der Waals surface area contributed by atoms with E-state index in [1.54, 1.807) is 6.20 Å². The van der Waals surface area contributed by atoms with E-state index in [0.29, 0.717) is 11.0 Å². The van der Waals surface area contributed by atoms with E-state index in [1.165, 1.54) is 11.4 Å². The van der Waals surface area contributed by atoms with Crippen molar-refractivity contribution in [1.82, 2.24) is 9.97 Å². The molecule has 35 heavy (non-hydrogen) atoms. The zero-order valence-corrected chi connectivity index (χ0v) is 21.0. The molecule has 0 amide bonds. The molecule has 0 bridgehead atoms. The summed E-state index contributed by atoms with van der Waals surface area (Å²) in [6.07, 6.45) is 1.76. The van der Waals surface area contributed by atoms with Crippen LogP contribution >= 0.6 is 11.6 Å². The van der Waals surface area contributed by atoms with Crippen LogP contribution < -0.4 is 20.0 Å². The smallest absolute Gasteiger partial charge is 0.229 e. The van der Waals surface area contributed by atoms with Crippen molar-refractivity contribution in [1.29, 1.82) is 0 Å². The summed E-state index contributed by atoms with van der Waals surface area (Å²) in [5.41, 5.74) is 5.32. The molecule has 2 aromatic carbocycles. The van der Waals surface area contributed by atoms with Gasteiger partial charge in [0.15, 0.2) is 0 Å². The van der Waals surface area contributed by atoms with Gasteiger partial charge in [-0.25, -0.2) is 4.98 Å². The predicted molar refractivity (Wildman–Crippen MR) is 142 cm³/mol. The van der Waals surface area contributed by atoms with E-state index < -0.39 is 0 Å². The molecule has 0 radical (unpaired) electrons. The topological polar surface area (TPSA) is 66.0 Å². The van der Waals surface area contributed by atoms with Crippen molar-refractivity contribution in [2.24, 2.45) is 0 Å². The van der Waals surface area contributed by atoms with Gasteiger partial charge in [-0.3, -0.25) is 0 Å². The lowest BCUT2D eigenvalue weighted by Crippen LogP contribution is -2.38. The van der Waals surface area contributed by atoms with E-state index in [9.17, 15) is 0 Å². The van der Waals surface area contributed by atoms with Crippen molar-refractivity contribution in [2.45, 2.75) is 6.92 Å². The Labute approximate surface area is 211 Å². The Hall–Kier alpha value is -3.07. The van der Waals surface area contributed by atoms with Gasteiger partial charge in [-0.2, -0.15) is 4.98 Å². The molecule has 0 saturated carbocycles. The molecule has 2 fully saturated rings. The van der Waals surface area contributed by atoms with Gasteiger partial charge in [0.25, 0.3) is 0 Å². The molecular weight excluding hydrogens is 464 g/mol. The van der Waals surface area contributed by atoms with Crippen molar-refractivity contribution >= 4 is 46.1 Å². The van der Waals surface area contributed by atoms with Gasteiger partial charge in [0.1, 0.15) is 5.82 Å². The number of hydrogen-bond donors (Lipinski definition) is 1. The van der Waals surface area contributed by atoms with Gasteiger partial charge in [0.05, 0.1) is 37.1 Å². The summed E-state index contributed by atoms with van der Waals surface area (Å²) >= 11 is 6.47. The van der Waals surface area contributed by atoms with Crippen molar-refractivity contribution in [3.8, 4) is 0 Å². The lowest BCUT2D eigenvalue weighted by atomic mass is 10.2. The second kappa shape index (κ2) is 10.7. The molecule has 0 spiro atoms. The van der Waals surface area contributed by atoms with Crippen LogP contribution in [0.15, 0.2) is 48.7 Å². The number of aromatic nitrogens is 2. The highest BCUT2D eigenvalue weighted by Crippen LogP contribution is 2.33. The first-order valence-corrected chi connectivity index (χ1v) is 12.3. The maximum Gasteiger partial charge on any atom is 0.229 e. The normalized spacial score (nSPS) is 16.3. The first kappa shape index (κ1) is 23.7. The SMILES string of the molecule is Cc1ccc(Cl)c(N(C)c2ccnc(Nc3cc(N4CCOCC4)cc(N4CCOCC4)c3)n2)c1. The molecule has 0 atom stereocenters. The molecule has 3 aromatic rings. The van der Waals surface area contributed by atoms with Crippen molar-refractivity contribution in [3.05, 3.63) is 59.2 Å². The molecule has 5 rings (SSSR count). The number of benzene rings is 2. The van der Waals surface area contributed by atoms with Crippen LogP contribution in [0.2, 0.25) is 5.02 Å². The Morgan fingerprint density at radius 1 is 0.886 bits per heavy atom. The zero-order chi connectivity index (χ0) is 24.2. The Balaban J connectivity index is 1.43. The highest BCUT2D eigenvalue weighted by molar-refractivity contribution is 6.33. The fourth-order valence-corrected chi connectivity index (χ4v) is 4.65. The van der Waals surface area contributed by atoms with E-state index in [-0.39, 0.29) is 0 Å². The van der Waals surface area contributed by atoms with Gasteiger partial charge < -0.3 is 29.5 Å². The van der Waals surface area contributed by atoms with Crippen LogP contribution in [-0.4, -0.2) is 69.6 Å². The molecule has 3 heterocycles. The summed E-state index contributed by atoms with van der Waals surface area (Å²) in [5.74, 6) is 1.29. The van der Waals surface area contributed by atoms with Gasteiger partial charge in [0.2, 0.25) is 5.95 Å². The highest BCUT2D eigenvalue weighted by Gasteiger charge is 2.18. The number of aryl methyl sites for hydroxylation is 1. The molecule has 184 valence electrons. The Kier molecular flexibility index (Phi) is 7.22. The average molecular weight is 495 g/mol. The summed E-state index contributed by atoms with van der Waals surface area (Å²) < 4.78 is 11.1. The average Bonchev–Trinajstić information content (AvgIpc) is 2.90. The Morgan fingerprint density at radius 3 is 2.14 bits per heavy atom. The van der Waals surface area contributed by atoms with Crippen molar-refractivity contribution in [3.63, 3.8) is 0 Å². The van der Waals surface area contributed by atoms with Gasteiger partial charge in [-0.05, 0) is 48.9 Å². The number of halogens is 1. The van der Waals surface area contributed by atoms with Crippen LogP contribution in [0.1, 0.15) is 5.56 Å². The summed E-state index contributed by atoms with van der Waals surface area (Å²) in [7, 11) is 1.96. The minimum atomic E-state index is 0.533. The van der Waals surface area contributed by atoms with E-state index in [1.807, 2.05) is 37.1 Å². The number of nitrogens with one attached hydrogen (secondary N) is 1. The second-order valence-electron chi connectivity index (χ2n) is 8.81. The lowest BCUT2D eigenvalue weighted by molar-refractivity contribution is 0.122. The fourth-order valence-electron chi connectivity index (χ4n) is 4.40. The van der Waals surface area contributed by atoms with Gasteiger partial charge in [-0.1, -0.05) is 17.7 Å². The maximum atomic E-state index is 6.47. The van der Waals surface area contributed by atoms with Crippen LogP contribution in [-0.2, 0) is 9.47 Å². The summed E-state index contributed by atoms with van der Waals surface area (Å²) in [5, 5.41) is 4.12. The standard InChI is InChI=1S/C26H31ClN6O2/c1-19-3-4-23(27)24(15-19)31(2)25-5-6-28-26(30-25)29-20-16-21(32-7-11-34-12-8-32)18-22(17-20)33-9-13-35-14-10-33/h3-6,15-18H,7-14H2,1-2H3,(H,28,29,30). The molecule has 1 aromatic heterocycles. The quantitative estimate of drug-likeness (QED) is 0.532. The molecule has 0 unspecified atom stereocenters. The predicted octanol–water partition coefficient (Wildman–Crippen LogP) is 4.62. The van der Waals surface area contributed by atoms with Crippen LogP contribution in [0.5, 0.6) is 0 Å². The molecule has 1 N–H and O–H groups in total. The number of ether oxygens (including phenoxy) is 2. The minimum absolute atomic E-state index is 0.533. The van der Waals surface area contributed by atoms with E-state index in [2.05, 4.69) is 44.4 Å². The molecule has 9 heteroatoms. The first-order valence-electron chi connectivity index (χ1n) is 12.0. The number of anilines is 6. The van der Waals surface area contributed by atoms with E-state index in [0.717, 1.165) is 75.4 Å². The Morgan fingerprint density at radius 2 is 1.51 bits per heavy atom. The number of morpholine rings is 2. The van der Waals surface area contributed by atoms with Crippen LogP contribution in [0, 0.1) is 6.92 Å². The van der Waals surface area contributed by atoms with Gasteiger partial charge >= 0.3 is 0 Å². The molecule has 2 aliphatic heterocycles. The molecular formula is C26H31ClN6O2. The zero-order valence-electron chi connectivity index (χ0n) is 20.2. The monoisotopic (exact) mass is 494 g/mol. The van der Waals surface area contributed by atoms with Crippen LogP contribution in [0.4, 0.5) is 34.5 Å². The van der Waals surface area contributed by atoms with Gasteiger partial charge in [-0.15, -0.1) is 0 Å².